The second kappa shape index (κ2) is 4.42. The molecule has 1 aromatic rings. The fraction of sp³-hybridized carbons (Fsp3) is 0.333. The molecule has 1 atom stereocenters. The largest absolute Gasteiger partial charge is 0.436 e. The van der Waals surface area contributed by atoms with Crippen molar-refractivity contribution in [1.29, 1.82) is 0 Å². The molecule has 1 aliphatic rings. The van der Waals surface area contributed by atoms with Gasteiger partial charge in [0.1, 0.15) is 6.33 Å². The van der Waals surface area contributed by atoms with Gasteiger partial charge in [-0.2, -0.15) is 4.37 Å². The molecule has 17 heavy (non-hydrogen) atoms. The van der Waals surface area contributed by atoms with Crippen LogP contribution in [0.15, 0.2) is 16.9 Å². The van der Waals surface area contributed by atoms with Crippen molar-refractivity contribution in [3.63, 3.8) is 0 Å². The smallest absolute Gasteiger partial charge is 0.304 e. The summed E-state index contributed by atoms with van der Waals surface area (Å²) in [5, 5.41) is 0.539. The number of aromatic nitrogens is 2. The van der Waals surface area contributed by atoms with E-state index in [1.165, 1.54) is 18.2 Å². The van der Waals surface area contributed by atoms with E-state index in [2.05, 4.69) is 9.36 Å². The number of ether oxygens (including phenoxy) is 1. The van der Waals surface area contributed by atoms with Crippen LogP contribution in [0.25, 0.3) is 0 Å². The summed E-state index contributed by atoms with van der Waals surface area (Å²) in [5.74, 6) is -0.858. The quantitative estimate of drug-likeness (QED) is 0.759. The van der Waals surface area contributed by atoms with Crippen LogP contribution in [0.5, 0.6) is 0 Å². The lowest BCUT2D eigenvalue weighted by Gasteiger charge is -2.21. The Labute approximate surface area is 106 Å². The molecule has 90 valence electrons. The summed E-state index contributed by atoms with van der Waals surface area (Å²) < 4.78 is 8.82. The first-order valence-electron chi connectivity index (χ1n) is 4.66. The molecule has 0 saturated heterocycles. The fourth-order valence-electron chi connectivity index (χ4n) is 1.41. The SMILES string of the molecule is CC(=O)OC1C(Cl)=C(C)C(=O)N1c1ncns1. The van der Waals surface area contributed by atoms with E-state index < -0.39 is 12.2 Å². The van der Waals surface area contributed by atoms with Crippen molar-refractivity contribution in [2.45, 2.75) is 20.1 Å². The van der Waals surface area contributed by atoms with Crippen molar-refractivity contribution in [3.05, 3.63) is 16.9 Å². The third-order valence-electron chi connectivity index (χ3n) is 2.18. The fourth-order valence-corrected chi connectivity index (χ4v) is 2.18. The molecule has 2 rings (SSSR count). The van der Waals surface area contributed by atoms with E-state index in [1.807, 2.05) is 0 Å². The third-order valence-corrected chi connectivity index (χ3v) is 3.32. The van der Waals surface area contributed by atoms with Crippen LogP contribution < -0.4 is 4.90 Å². The van der Waals surface area contributed by atoms with Gasteiger partial charge in [0.2, 0.25) is 11.4 Å². The number of hydrogen-bond acceptors (Lipinski definition) is 6. The lowest BCUT2D eigenvalue weighted by molar-refractivity contribution is -0.144. The number of nitrogens with zero attached hydrogens (tertiary/aromatic N) is 3. The summed E-state index contributed by atoms with van der Waals surface area (Å²) >= 11 is 7.00. The number of halogens is 1. The highest BCUT2D eigenvalue weighted by Gasteiger charge is 2.41. The summed E-state index contributed by atoms with van der Waals surface area (Å²) in [6.07, 6.45) is 0.384. The molecule has 1 amide bonds. The van der Waals surface area contributed by atoms with E-state index in [-0.39, 0.29) is 10.9 Å². The molecule has 1 unspecified atom stereocenters. The van der Waals surface area contributed by atoms with Crippen molar-refractivity contribution < 1.29 is 14.3 Å². The number of carbonyl (C=O) groups excluding carboxylic acids is 2. The highest BCUT2D eigenvalue weighted by Crippen LogP contribution is 2.34. The highest BCUT2D eigenvalue weighted by atomic mass is 35.5. The molecule has 0 aromatic carbocycles. The molecule has 0 saturated carbocycles. The maximum absolute atomic E-state index is 11.9. The molecule has 1 aliphatic heterocycles. The van der Waals surface area contributed by atoms with Crippen molar-refractivity contribution in [2.24, 2.45) is 0 Å². The van der Waals surface area contributed by atoms with E-state index in [0.29, 0.717) is 10.7 Å². The van der Waals surface area contributed by atoms with Crippen molar-refractivity contribution >= 4 is 40.1 Å². The Kier molecular flexibility index (Phi) is 3.12. The maximum Gasteiger partial charge on any atom is 0.304 e. The van der Waals surface area contributed by atoms with Crippen LogP contribution in [-0.2, 0) is 14.3 Å². The predicted molar refractivity (Wildman–Crippen MR) is 61.5 cm³/mol. The first-order valence-corrected chi connectivity index (χ1v) is 5.81. The molecule has 6 nitrogen and oxygen atoms in total. The van der Waals surface area contributed by atoms with Gasteiger partial charge in [-0.15, -0.1) is 0 Å². The Balaban J connectivity index is 2.38. The van der Waals surface area contributed by atoms with Crippen LogP contribution in [0.2, 0.25) is 0 Å². The minimum Gasteiger partial charge on any atom is -0.436 e. The number of amides is 1. The minimum atomic E-state index is -0.936. The van der Waals surface area contributed by atoms with Gasteiger partial charge < -0.3 is 4.74 Å². The normalized spacial score (nSPS) is 20.1. The summed E-state index contributed by atoms with van der Waals surface area (Å²) in [6.45, 7) is 2.82. The lowest BCUT2D eigenvalue weighted by Crippen LogP contribution is -2.38. The average molecular weight is 274 g/mol. The van der Waals surface area contributed by atoms with Gasteiger partial charge in [0.15, 0.2) is 0 Å². The second-order valence-electron chi connectivity index (χ2n) is 3.33. The summed E-state index contributed by atoms with van der Waals surface area (Å²) in [6, 6.07) is 0. The summed E-state index contributed by atoms with van der Waals surface area (Å²) in [4.78, 5) is 28.1. The van der Waals surface area contributed by atoms with E-state index in [0.717, 1.165) is 11.5 Å². The van der Waals surface area contributed by atoms with E-state index in [4.69, 9.17) is 16.3 Å². The maximum atomic E-state index is 11.9. The zero-order chi connectivity index (χ0) is 12.6. The van der Waals surface area contributed by atoms with Crippen LogP contribution in [0.1, 0.15) is 13.8 Å². The Bertz CT molecular complexity index is 500. The number of carbonyl (C=O) groups is 2. The van der Waals surface area contributed by atoms with Gasteiger partial charge in [-0.1, -0.05) is 11.6 Å². The minimum absolute atomic E-state index is 0.195. The number of hydrogen-bond donors (Lipinski definition) is 0. The zero-order valence-corrected chi connectivity index (χ0v) is 10.6. The van der Waals surface area contributed by atoms with Crippen LogP contribution in [0.3, 0.4) is 0 Å². The van der Waals surface area contributed by atoms with Gasteiger partial charge in [0.25, 0.3) is 5.91 Å². The monoisotopic (exact) mass is 273 g/mol. The first kappa shape index (κ1) is 12.0. The summed E-state index contributed by atoms with van der Waals surface area (Å²) in [5.41, 5.74) is 0.341. The van der Waals surface area contributed by atoms with Crippen LogP contribution >= 0.6 is 23.1 Å². The summed E-state index contributed by atoms with van der Waals surface area (Å²) in [7, 11) is 0. The molecule has 0 bridgehead atoms. The molecule has 0 radical (unpaired) electrons. The molecule has 0 spiro atoms. The molecule has 0 fully saturated rings. The number of rotatable bonds is 2. The van der Waals surface area contributed by atoms with E-state index in [9.17, 15) is 9.59 Å². The van der Waals surface area contributed by atoms with Crippen molar-refractivity contribution in [2.75, 3.05) is 4.90 Å². The molecule has 8 heteroatoms. The third kappa shape index (κ3) is 2.03. The molecular formula is C9H8ClN3O3S. The number of esters is 1. The molecule has 0 aliphatic carbocycles. The topological polar surface area (TPSA) is 72.4 Å². The van der Waals surface area contributed by atoms with Crippen LogP contribution in [-0.4, -0.2) is 27.5 Å². The second-order valence-corrected chi connectivity index (χ2v) is 4.50. The number of anilines is 1. The van der Waals surface area contributed by atoms with Gasteiger partial charge in [-0.3, -0.25) is 9.59 Å². The molecule has 2 heterocycles. The van der Waals surface area contributed by atoms with Gasteiger partial charge in [-0.05, 0) is 6.92 Å². The van der Waals surface area contributed by atoms with Gasteiger partial charge in [0, 0.05) is 24.0 Å². The first-order chi connectivity index (χ1) is 8.02. The van der Waals surface area contributed by atoms with Crippen LogP contribution in [0.4, 0.5) is 5.13 Å². The predicted octanol–water partition coefficient (Wildman–Crippen LogP) is 1.29. The van der Waals surface area contributed by atoms with E-state index >= 15 is 0 Å². The Hall–Kier alpha value is -1.47. The zero-order valence-electron chi connectivity index (χ0n) is 9.01. The molecule has 0 N–H and O–H groups in total. The Morgan fingerprint density at radius 3 is 2.88 bits per heavy atom. The van der Waals surface area contributed by atoms with Crippen molar-refractivity contribution in [3.8, 4) is 0 Å². The van der Waals surface area contributed by atoms with Gasteiger partial charge in [-0.25, -0.2) is 9.88 Å². The standard InChI is InChI=1S/C9H8ClN3O3S/c1-4-6(10)8(16-5(2)14)13(7(4)15)9-11-3-12-17-9/h3,8H,1-2H3. The highest BCUT2D eigenvalue weighted by molar-refractivity contribution is 7.09. The Morgan fingerprint density at radius 1 is 1.65 bits per heavy atom. The molecular weight excluding hydrogens is 266 g/mol. The average Bonchev–Trinajstić information content (AvgIpc) is 2.84. The molecule has 1 aromatic heterocycles. The van der Waals surface area contributed by atoms with E-state index in [1.54, 1.807) is 6.92 Å². The Morgan fingerprint density at radius 2 is 2.35 bits per heavy atom. The van der Waals surface area contributed by atoms with Crippen LogP contribution in [0, 0.1) is 0 Å². The van der Waals surface area contributed by atoms with Gasteiger partial charge >= 0.3 is 5.97 Å². The van der Waals surface area contributed by atoms with Gasteiger partial charge in [0.05, 0.1) is 5.03 Å². The van der Waals surface area contributed by atoms with Crippen molar-refractivity contribution in [1.82, 2.24) is 9.36 Å². The lowest BCUT2D eigenvalue weighted by atomic mass is 10.3.